The summed E-state index contributed by atoms with van der Waals surface area (Å²) in [4.78, 5) is 12.5. The number of anilines is 1. The second-order valence-electron chi connectivity index (χ2n) is 5.22. The predicted octanol–water partition coefficient (Wildman–Crippen LogP) is 3.66. The number of furan rings is 1. The number of amides is 1. The Bertz CT molecular complexity index is 1000. The monoisotopic (exact) mass is 325 g/mol. The lowest BCUT2D eigenvalue weighted by molar-refractivity contribution is 0.101. The van der Waals surface area contributed by atoms with Crippen molar-refractivity contribution in [2.45, 2.75) is 6.54 Å². The Kier molecular flexibility index (Phi) is 3.38. The lowest BCUT2D eigenvalue weighted by Crippen LogP contribution is -2.18. The normalized spacial score (nSPS) is 11.0. The van der Waals surface area contributed by atoms with Gasteiger partial charge in [-0.3, -0.25) is 4.79 Å². The topological polar surface area (TPSA) is 73.2 Å². The van der Waals surface area contributed by atoms with Crippen LogP contribution in [0.5, 0.6) is 0 Å². The van der Waals surface area contributed by atoms with E-state index in [2.05, 4.69) is 10.5 Å². The number of nitrogens with one attached hydrogen (secondary N) is 1. The molecule has 7 heteroatoms. The predicted molar refractivity (Wildman–Crippen MR) is 84.2 cm³/mol. The van der Waals surface area contributed by atoms with Gasteiger partial charge >= 0.3 is 0 Å². The molecule has 3 heterocycles. The quantitative estimate of drug-likeness (QED) is 0.621. The van der Waals surface area contributed by atoms with Gasteiger partial charge in [-0.25, -0.2) is 4.39 Å². The number of hydrogen-bond donors (Lipinski definition) is 1. The lowest BCUT2D eigenvalue weighted by atomic mass is 10.2. The molecule has 0 bridgehead atoms. The van der Waals surface area contributed by atoms with Gasteiger partial charge < -0.3 is 18.8 Å². The number of carbonyl (C=O) groups is 1. The molecule has 24 heavy (non-hydrogen) atoms. The summed E-state index contributed by atoms with van der Waals surface area (Å²) >= 11 is 0. The first-order valence-electron chi connectivity index (χ1n) is 7.24. The SMILES string of the molecule is O=C(Nc1ccon1)c1cc2occc2n1Cc1ccccc1F. The number of rotatable bonds is 4. The van der Waals surface area contributed by atoms with Crippen molar-refractivity contribution in [3.8, 4) is 0 Å². The zero-order valence-corrected chi connectivity index (χ0v) is 12.4. The minimum atomic E-state index is -0.383. The van der Waals surface area contributed by atoms with Crippen LogP contribution >= 0.6 is 0 Å². The summed E-state index contributed by atoms with van der Waals surface area (Å²) in [6.07, 6.45) is 2.89. The maximum Gasteiger partial charge on any atom is 0.273 e. The molecule has 0 radical (unpaired) electrons. The van der Waals surface area contributed by atoms with Crippen LogP contribution in [0, 0.1) is 5.82 Å². The van der Waals surface area contributed by atoms with Gasteiger partial charge in [0.1, 0.15) is 17.8 Å². The second-order valence-corrected chi connectivity index (χ2v) is 5.22. The van der Waals surface area contributed by atoms with Crippen LogP contribution in [0.4, 0.5) is 10.2 Å². The molecule has 6 nitrogen and oxygen atoms in total. The third-order valence-corrected chi connectivity index (χ3v) is 3.72. The van der Waals surface area contributed by atoms with E-state index in [0.717, 1.165) is 0 Å². The van der Waals surface area contributed by atoms with Gasteiger partial charge in [-0.05, 0) is 6.07 Å². The Balaban J connectivity index is 1.74. The molecular weight excluding hydrogens is 313 g/mol. The summed E-state index contributed by atoms with van der Waals surface area (Å²) in [5.41, 5.74) is 2.09. The summed E-state index contributed by atoms with van der Waals surface area (Å²) in [6, 6.07) is 11.3. The molecule has 0 spiro atoms. The average Bonchev–Trinajstić information content (AvgIpc) is 3.28. The van der Waals surface area contributed by atoms with Crippen molar-refractivity contribution in [2.24, 2.45) is 0 Å². The van der Waals surface area contributed by atoms with E-state index in [-0.39, 0.29) is 18.3 Å². The Morgan fingerprint density at radius 1 is 1.21 bits per heavy atom. The van der Waals surface area contributed by atoms with Crippen LogP contribution in [-0.4, -0.2) is 15.6 Å². The zero-order valence-electron chi connectivity index (χ0n) is 12.4. The van der Waals surface area contributed by atoms with E-state index >= 15 is 0 Å². The van der Waals surface area contributed by atoms with Crippen LogP contribution in [0.25, 0.3) is 11.1 Å². The van der Waals surface area contributed by atoms with Crippen molar-refractivity contribution in [3.05, 3.63) is 72.1 Å². The van der Waals surface area contributed by atoms with Gasteiger partial charge in [0, 0.05) is 23.8 Å². The molecular formula is C17H12FN3O3. The third kappa shape index (κ3) is 2.45. The smallest absolute Gasteiger partial charge is 0.273 e. The van der Waals surface area contributed by atoms with E-state index in [9.17, 15) is 9.18 Å². The standard InChI is InChI=1S/C17H12FN3O3/c18-12-4-2-1-3-11(12)10-21-13-5-7-23-15(13)9-14(21)17(22)19-16-6-8-24-20-16/h1-9H,10H2,(H,19,20,22). The number of nitrogens with zero attached hydrogens (tertiary/aromatic N) is 2. The number of benzene rings is 1. The van der Waals surface area contributed by atoms with E-state index < -0.39 is 0 Å². The van der Waals surface area contributed by atoms with Crippen molar-refractivity contribution in [3.63, 3.8) is 0 Å². The van der Waals surface area contributed by atoms with Gasteiger partial charge in [0.05, 0.1) is 18.3 Å². The number of aromatic nitrogens is 2. The van der Waals surface area contributed by atoms with Crippen molar-refractivity contribution >= 4 is 22.8 Å². The Morgan fingerprint density at radius 3 is 2.88 bits per heavy atom. The number of halogens is 1. The van der Waals surface area contributed by atoms with Gasteiger partial charge in [0.2, 0.25) is 0 Å². The van der Waals surface area contributed by atoms with Gasteiger partial charge in [-0.2, -0.15) is 0 Å². The minimum Gasteiger partial charge on any atom is -0.463 e. The van der Waals surface area contributed by atoms with E-state index in [1.54, 1.807) is 34.9 Å². The lowest BCUT2D eigenvalue weighted by Gasteiger charge is -2.10. The Morgan fingerprint density at radius 2 is 2.08 bits per heavy atom. The van der Waals surface area contributed by atoms with Crippen molar-refractivity contribution in [1.82, 2.24) is 9.72 Å². The Labute approximate surface area is 135 Å². The Hall–Kier alpha value is -3.35. The first kappa shape index (κ1) is 14.3. The molecule has 120 valence electrons. The fourth-order valence-corrected chi connectivity index (χ4v) is 2.59. The highest BCUT2D eigenvalue weighted by Gasteiger charge is 2.19. The molecule has 0 aliphatic carbocycles. The average molecular weight is 325 g/mol. The van der Waals surface area contributed by atoms with Gasteiger partial charge in [0.25, 0.3) is 5.91 Å². The molecule has 0 atom stereocenters. The van der Waals surface area contributed by atoms with Crippen molar-refractivity contribution in [2.75, 3.05) is 5.32 Å². The van der Waals surface area contributed by atoms with Crippen LogP contribution in [0.3, 0.4) is 0 Å². The highest BCUT2D eigenvalue weighted by molar-refractivity contribution is 6.05. The molecule has 0 saturated carbocycles. The van der Waals surface area contributed by atoms with Gasteiger partial charge in [-0.15, -0.1) is 0 Å². The van der Waals surface area contributed by atoms with Gasteiger partial charge in [-0.1, -0.05) is 23.4 Å². The fraction of sp³-hybridized carbons (Fsp3) is 0.0588. The van der Waals surface area contributed by atoms with Crippen molar-refractivity contribution < 1.29 is 18.1 Å². The number of hydrogen-bond acceptors (Lipinski definition) is 4. The fourth-order valence-electron chi connectivity index (χ4n) is 2.59. The minimum absolute atomic E-state index is 0.206. The molecule has 3 aromatic heterocycles. The molecule has 4 aromatic rings. The second kappa shape index (κ2) is 5.69. The molecule has 1 aromatic carbocycles. The van der Waals surface area contributed by atoms with E-state index in [1.165, 1.54) is 24.7 Å². The van der Waals surface area contributed by atoms with E-state index in [0.29, 0.717) is 28.2 Å². The molecule has 0 aliphatic rings. The summed E-state index contributed by atoms with van der Waals surface area (Å²) in [5.74, 6) is -0.410. The van der Waals surface area contributed by atoms with Gasteiger partial charge in [0.15, 0.2) is 11.4 Å². The largest absolute Gasteiger partial charge is 0.463 e. The number of fused-ring (bicyclic) bond motifs is 1. The molecule has 0 fully saturated rings. The maximum atomic E-state index is 14.0. The molecule has 1 N–H and O–H groups in total. The molecule has 0 saturated heterocycles. The maximum absolute atomic E-state index is 14.0. The highest BCUT2D eigenvalue weighted by Crippen LogP contribution is 2.24. The molecule has 4 rings (SSSR count). The molecule has 1 amide bonds. The summed E-state index contributed by atoms with van der Waals surface area (Å²) in [7, 11) is 0. The first-order chi connectivity index (χ1) is 11.7. The van der Waals surface area contributed by atoms with Crippen LogP contribution in [0.15, 0.2) is 63.9 Å². The van der Waals surface area contributed by atoms with Crippen LogP contribution < -0.4 is 5.32 Å². The zero-order chi connectivity index (χ0) is 16.5. The van der Waals surface area contributed by atoms with E-state index in [4.69, 9.17) is 8.94 Å². The molecule has 0 unspecified atom stereocenters. The third-order valence-electron chi connectivity index (χ3n) is 3.72. The first-order valence-corrected chi connectivity index (χ1v) is 7.24. The van der Waals surface area contributed by atoms with E-state index in [1.807, 2.05) is 0 Å². The summed E-state index contributed by atoms with van der Waals surface area (Å²) < 4.78 is 25.7. The summed E-state index contributed by atoms with van der Waals surface area (Å²) in [6.45, 7) is 0.206. The van der Waals surface area contributed by atoms with Crippen LogP contribution in [0.2, 0.25) is 0 Å². The van der Waals surface area contributed by atoms with Crippen LogP contribution in [0.1, 0.15) is 16.1 Å². The number of carbonyl (C=O) groups excluding carboxylic acids is 1. The highest BCUT2D eigenvalue weighted by atomic mass is 19.1. The summed E-state index contributed by atoms with van der Waals surface area (Å²) in [5, 5.41) is 6.28. The molecule has 0 aliphatic heterocycles. The van der Waals surface area contributed by atoms with Crippen molar-refractivity contribution in [1.29, 1.82) is 0 Å². The van der Waals surface area contributed by atoms with Crippen LogP contribution in [-0.2, 0) is 6.54 Å².